The van der Waals surface area contributed by atoms with Gasteiger partial charge in [0, 0.05) is 12.4 Å². The molecule has 0 aliphatic rings. The molecule has 0 saturated heterocycles. The summed E-state index contributed by atoms with van der Waals surface area (Å²) in [4.78, 5) is 12.4. The Morgan fingerprint density at radius 3 is 2.33 bits per heavy atom. The van der Waals surface area contributed by atoms with Gasteiger partial charge in [-0.25, -0.2) is 9.97 Å². The first kappa shape index (κ1) is 12.6. The highest BCUT2D eigenvalue weighted by Crippen LogP contribution is 2.27. The minimum absolute atomic E-state index is 0.185. The molecular weight excluding hydrogens is 232 g/mol. The van der Waals surface area contributed by atoms with E-state index in [0.29, 0.717) is 17.5 Å². The van der Waals surface area contributed by atoms with Crippen molar-refractivity contribution in [3.05, 3.63) is 24.4 Å². The number of hydrogen-bond acceptors (Lipinski definition) is 6. The molecule has 2 aromatic heterocycles. The molecule has 2 aromatic rings. The number of aromatic nitrogens is 4. The zero-order valence-electron chi connectivity index (χ0n) is 10.6. The van der Waals surface area contributed by atoms with Crippen molar-refractivity contribution < 1.29 is 9.63 Å². The Kier molecular flexibility index (Phi) is 3.66. The summed E-state index contributed by atoms with van der Waals surface area (Å²) >= 11 is 0. The van der Waals surface area contributed by atoms with Gasteiger partial charge in [0.25, 0.3) is 0 Å². The van der Waals surface area contributed by atoms with Crippen molar-refractivity contribution in [2.45, 2.75) is 32.8 Å². The lowest BCUT2D eigenvalue weighted by molar-refractivity contribution is 0.120. The van der Waals surface area contributed by atoms with E-state index in [0.717, 1.165) is 0 Å². The lowest BCUT2D eigenvalue weighted by atomic mass is 9.91. The molecule has 0 aliphatic carbocycles. The van der Waals surface area contributed by atoms with Crippen LogP contribution in [0.4, 0.5) is 0 Å². The van der Waals surface area contributed by atoms with Crippen LogP contribution in [0.15, 0.2) is 23.0 Å². The van der Waals surface area contributed by atoms with Crippen molar-refractivity contribution in [2.24, 2.45) is 5.92 Å². The average molecular weight is 248 g/mol. The monoisotopic (exact) mass is 248 g/mol. The fourth-order valence-corrected chi connectivity index (χ4v) is 1.92. The van der Waals surface area contributed by atoms with Gasteiger partial charge in [0.2, 0.25) is 17.5 Å². The third-order valence-corrected chi connectivity index (χ3v) is 2.73. The van der Waals surface area contributed by atoms with E-state index < -0.39 is 6.10 Å². The summed E-state index contributed by atoms with van der Waals surface area (Å²) in [5, 5.41) is 13.6. The van der Waals surface area contributed by atoms with Gasteiger partial charge in [-0.05, 0) is 18.9 Å². The zero-order chi connectivity index (χ0) is 13.1. The second kappa shape index (κ2) is 5.22. The highest BCUT2D eigenvalue weighted by atomic mass is 16.5. The van der Waals surface area contributed by atoms with Crippen LogP contribution in [0.3, 0.4) is 0 Å². The van der Waals surface area contributed by atoms with Crippen LogP contribution in [0.25, 0.3) is 11.6 Å². The molecule has 0 aromatic carbocycles. The van der Waals surface area contributed by atoms with E-state index in [2.05, 4.69) is 20.1 Å². The Bertz CT molecular complexity index is 488. The molecule has 96 valence electrons. The highest BCUT2D eigenvalue weighted by Gasteiger charge is 2.27. The Balaban J connectivity index is 2.30. The van der Waals surface area contributed by atoms with E-state index in [1.165, 1.54) is 0 Å². The molecule has 1 N–H and O–H groups in total. The molecule has 6 nitrogen and oxygen atoms in total. The highest BCUT2D eigenvalue weighted by molar-refractivity contribution is 5.40. The lowest BCUT2D eigenvalue weighted by Crippen LogP contribution is -2.20. The fraction of sp³-hybridized carbons (Fsp3) is 0.500. The van der Waals surface area contributed by atoms with Crippen molar-refractivity contribution >= 4 is 0 Å². The van der Waals surface area contributed by atoms with E-state index in [9.17, 15) is 5.11 Å². The molecule has 0 bridgehead atoms. The van der Waals surface area contributed by atoms with Crippen molar-refractivity contribution in [3.63, 3.8) is 0 Å². The van der Waals surface area contributed by atoms with Gasteiger partial charge < -0.3 is 9.63 Å². The maximum atomic E-state index is 9.76. The normalized spacial score (nSPS) is 14.7. The molecule has 2 unspecified atom stereocenters. The van der Waals surface area contributed by atoms with Crippen LogP contribution < -0.4 is 0 Å². The van der Waals surface area contributed by atoms with Crippen molar-refractivity contribution in [1.29, 1.82) is 0 Å². The molecule has 2 atom stereocenters. The molecule has 6 heteroatoms. The number of nitrogens with zero attached hydrogens (tertiary/aromatic N) is 4. The van der Waals surface area contributed by atoms with E-state index >= 15 is 0 Å². The second-order valence-corrected chi connectivity index (χ2v) is 4.54. The quantitative estimate of drug-likeness (QED) is 0.885. The minimum Gasteiger partial charge on any atom is -0.393 e. The SMILES string of the molecule is CC(C)C(c1nc(-c2ncccn2)no1)C(C)O. The van der Waals surface area contributed by atoms with Gasteiger partial charge in [-0.1, -0.05) is 19.0 Å². The van der Waals surface area contributed by atoms with Crippen LogP contribution in [0.1, 0.15) is 32.6 Å². The van der Waals surface area contributed by atoms with Gasteiger partial charge in [-0.2, -0.15) is 4.98 Å². The Labute approximate surface area is 105 Å². The smallest absolute Gasteiger partial charge is 0.240 e. The molecular formula is C12H16N4O2. The first-order chi connectivity index (χ1) is 8.59. The van der Waals surface area contributed by atoms with E-state index in [4.69, 9.17) is 4.52 Å². The van der Waals surface area contributed by atoms with E-state index in [1.54, 1.807) is 25.4 Å². The van der Waals surface area contributed by atoms with Crippen LogP contribution in [0.5, 0.6) is 0 Å². The maximum absolute atomic E-state index is 9.76. The summed E-state index contributed by atoms with van der Waals surface area (Å²) in [5.41, 5.74) is 0. The Morgan fingerprint density at radius 2 is 1.78 bits per heavy atom. The number of aliphatic hydroxyl groups excluding tert-OH is 1. The van der Waals surface area contributed by atoms with Gasteiger partial charge in [-0.3, -0.25) is 0 Å². The second-order valence-electron chi connectivity index (χ2n) is 4.54. The summed E-state index contributed by atoms with van der Waals surface area (Å²) in [5.74, 6) is 1.20. The average Bonchev–Trinajstić information content (AvgIpc) is 2.78. The van der Waals surface area contributed by atoms with Crippen molar-refractivity contribution in [3.8, 4) is 11.6 Å². The fourth-order valence-electron chi connectivity index (χ4n) is 1.92. The Morgan fingerprint density at radius 1 is 1.11 bits per heavy atom. The molecule has 0 spiro atoms. The van der Waals surface area contributed by atoms with E-state index in [1.807, 2.05) is 13.8 Å². The largest absolute Gasteiger partial charge is 0.393 e. The molecule has 0 amide bonds. The molecule has 18 heavy (non-hydrogen) atoms. The molecule has 2 rings (SSSR count). The first-order valence-corrected chi connectivity index (χ1v) is 5.88. The summed E-state index contributed by atoms with van der Waals surface area (Å²) < 4.78 is 5.20. The van der Waals surface area contributed by atoms with Gasteiger partial charge in [-0.15, -0.1) is 0 Å². The molecule has 0 saturated carbocycles. The lowest BCUT2D eigenvalue weighted by Gasteiger charge is -2.19. The number of aliphatic hydroxyl groups is 1. The first-order valence-electron chi connectivity index (χ1n) is 5.88. The van der Waals surface area contributed by atoms with Gasteiger partial charge in [0.05, 0.1) is 12.0 Å². The third kappa shape index (κ3) is 2.53. The summed E-state index contributed by atoms with van der Waals surface area (Å²) in [6, 6.07) is 1.72. The number of hydrogen-bond donors (Lipinski definition) is 1. The topological polar surface area (TPSA) is 84.9 Å². The molecule has 0 aliphatic heterocycles. The van der Waals surface area contributed by atoms with Crippen molar-refractivity contribution in [1.82, 2.24) is 20.1 Å². The maximum Gasteiger partial charge on any atom is 0.240 e. The predicted octanol–water partition coefficient (Wildman–Crippen LogP) is 1.65. The van der Waals surface area contributed by atoms with Gasteiger partial charge >= 0.3 is 0 Å². The molecule has 0 fully saturated rings. The van der Waals surface area contributed by atoms with Crippen LogP contribution in [0.2, 0.25) is 0 Å². The van der Waals surface area contributed by atoms with E-state index in [-0.39, 0.29) is 11.8 Å². The van der Waals surface area contributed by atoms with Gasteiger partial charge in [0.15, 0.2) is 0 Å². The standard InChI is InChI=1S/C12H16N4O2/c1-7(2)9(8(3)17)12-15-11(16-18-12)10-13-5-4-6-14-10/h4-9,17H,1-3H3. The van der Waals surface area contributed by atoms with Crippen molar-refractivity contribution in [2.75, 3.05) is 0 Å². The molecule has 0 radical (unpaired) electrons. The minimum atomic E-state index is -0.546. The summed E-state index contributed by atoms with van der Waals surface area (Å²) in [7, 11) is 0. The molecule has 2 heterocycles. The summed E-state index contributed by atoms with van der Waals surface area (Å²) in [6.45, 7) is 5.72. The number of rotatable bonds is 4. The zero-order valence-corrected chi connectivity index (χ0v) is 10.6. The van der Waals surface area contributed by atoms with Gasteiger partial charge in [0.1, 0.15) is 0 Å². The van der Waals surface area contributed by atoms with Crippen LogP contribution in [0, 0.1) is 5.92 Å². The van der Waals surface area contributed by atoms with Crippen LogP contribution in [-0.2, 0) is 0 Å². The summed E-state index contributed by atoms with van der Waals surface area (Å²) in [6.07, 6.45) is 2.69. The van der Waals surface area contributed by atoms with Crippen LogP contribution >= 0.6 is 0 Å². The predicted molar refractivity (Wildman–Crippen MR) is 64.6 cm³/mol. The van der Waals surface area contributed by atoms with Crippen LogP contribution in [-0.4, -0.2) is 31.3 Å². The Hall–Kier alpha value is -1.82. The third-order valence-electron chi connectivity index (χ3n) is 2.73.